The Hall–Kier alpha value is -4.10. The van der Waals surface area contributed by atoms with Gasteiger partial charge < -0.3 is 4.90 Å². The molecule has 0 aromatic heterocycles. The van der Waals surface area contributed by atoms with Gasteiger partial charge in [-0.05, 0) is 68.6 Å². The van der Waals surface area contributed by atoms with Crippen LogP contribution in [0.3, 0.4) is 0 Å². The zero-order valence-corrected chi connectivity index (χ0v) is 21.0. The molecule has 1 aliphatic carbocycles. The minimum atomic E-state index is -0.345. The summed E-state index contributed by atoms with van der Waals surface area (Å²) in [7, 11) is 0. The molecule has 0 fully saturated rings. The van der Waals surface area contributed by atoms with Crippen molar-refractivity contribution in [2.45, 2.75) is 31.6 Å². The molecule has 0 radical (unpaired) electrons. The molecule has 0 saturated heterocycles. The number of anilines is 3. The minimum Gasteiger partial charge on any atom is -0.310 e. The molecule has 5 aromatic carbocycles. The van der Waals surface area contributed by atoms with Crippen LogP contribution >= 0.6 is 0 Å². The molecule has 5 aromatic rings. The number of nitrogens with zero attached hydrogens (tertiary/aromatic N) is 1. The fourth-order valence-corrected chi connectivity index (χ4v) is 6.45. The summed E-state index contributed by atoms with van der Waals surface area (Å²) in [5, 5.41) is 0. The van der Waals surface area contributed by atoms with E-state index in [2.05, 4.69) is 147 Å². The van der Waals surface area contributed by atoms with E-state index in [0.717, 1.165) is 0 Å². The van der Waals surface area contributed by atoms with E-state index in [9.17, 15) is 0 Å². The van der Waals surface area contributed by atoms with Crippen molar-refractivity contribution in [2.75, 3.05) is 4.90 Å². The van der Waals surface area contributed by atoms with E-state index in [-0.39, 0.29) is 10.8 Å². The molecule has 36 heavy (non-hydrogen) atoms. The molecule has 1 aliphatic heterocycles. The van der Waals surface area contributed by atoms with Crippen molar-refractivity contribution in [3.63, 3.8) is 0 Å². The van der Waals surface area contributed by atoms with Gasteiger partial charge in [-0.1, -0.05) is 118 Å². The molecular formula is C35H29N. The van der Waals surface area contributed by atoms with Gasteiger partial charge >= 0.3 is 0 Å². The summed E-state index contributed by atoms with van der Waals surface area (Å²) >= 11 is 0. The molecule has 0 bridgehead atoms. The Labute approximate surface area is 213 Å². The van der Waals surface area contributed by atoms with Crippen LogP contribution in [0.25, 0.3) is 11.1 Å². The molecule has 174 valence electrons. The van der Waals surface area contributed by atoms with Crippen LogP contribution in [0.5, 0.6) is 0 Å². The van der Waals surface area contributed by atoms with Gasteiger partial charge in [-0.25, -0.2) is 0 Å². The van der Waals surface area contributed by atoms with E-state index >= 15 is 0 Å². The lowest BCUT2D eigenvalue weighted by Crippen LogP contribution is -2.36. The van der Waals surface area contributed by atoms with Crippen molar-refractivity contribution in [1.29, 1.82) is 0 Å². The third-order valence-corrected chi connectivity index (χ3v) is 8.04. The molecule has 1 spiro atoms. The first-order chi connectivity index (χ1) is 17.5. The molecule has 7 rings (SSSR count). The van der Waals surface area contributed by atoms with Crippen molar-refractivity contribution in [2.24, 2.45) is 0 Å². The van der Waals surface area contributed by atoms with Crippen molar-refractivity contribution in [3.05, 3.63) is 149 Å². The Balaban J connectivity index is 1.56. The monoisotopic (exact) mass is 463 g/mol. The lowest BCUT2D eigenvalue weighted by atomic mass is 9.64. The van der Waals surface area contributed by atoms with E-state index in [4.69, 9.17) is 0 Å². The van der Waals surface area contributed by atoms with Crippen molar-refractivity contribution >= 4 is 17.1 Å². The maximum Gasteiger partial charge on any atom is 0.0754 e. The molecule has 0 N–H and O–H groups in total. The van der Waals surface area contributed by atoms with Crippen LogP contribution in [0.15, 0.2) is 121 Å². The molecule has 2 aliphatic rings. The second-order valence-corrected chi connectivity index (χ2v) is 11.0. The zero-order valence-electron chi connectivity index (χ0n) is 21.0. The summed E-state index contributed by atoms with van der Waals surface area (Å²) in [6, 6.07) is 45.0. The first kappa shape index (κ1) is 21.2. The van der Waals surface area contributed by atoms with Crippen LogP contribution in [0, 0.1) is 0 Å². The molecule has 0 unspecified atom stereocenters. The smallest absolute Gasteiger partial charge is 0.0754 e. The standard InChI is InChI=1S/C35H29N/c1-34(2,3)24-20-22-25(23-21-24)36-32-18-10-8-16-30(32)35(31-17-9-11-19-33(31)36)28-14-6-4-12-26(28)27-13-5-7-15-29(27)35/h4-23H,1-3H3. The van der Waals surface area contributed by atoms with E-state index < -0.39 is 0 Å². The molecule has 1 heteroatoms. The molecule has 0 amide bonds. The summed E-state index contributed by atoms with van der Waals surface area (Å²) < 4.78 is 0. The van der Waals surface area contributed by atoms with Crippen molar-refractivity contribution in [3.8, 4) is 11.1 Å². The largest absolute Gasteiger partial charge is 0.310 e. The van der Waals surface area contributed by atoms with Crippen LogP contribution in [0.4, 0.5) is 17.1 Å². The second kappa shape index (κ2) is 7.45. The summed E-state index contributed by atoms with van der Waals surface area (Å²) in [6.45, 7) is 6.81. The minimum absolute atomic E-state index is 0.123. The first-order valence-corrected chi connectivity index (χ1v) is 12.8. The van der Waals surface area contributed by atoms with Crippen molar-refractivity contribution < 1.29 is 0 Å². The van der Waals surface area contributed by atoms with Gasteiger partial charge in [0.05, 0.1) is 16.8 Å². The number of para-hydroxylation sites is 2. The van der Waals surface area contributed by atoms with Crippen LogP contribution in [-0.4, -0.2) is 0 Å². The van der Waals surface area contributed by atoms with Gasteiger partial charge in [0, 0.05) is 5.69 Å². The highest BCUT2D eigenvalue weighted by Crippen LogP contribution is 2.63. The first-order valence-electron chi connectivity index (χ1n) is 12.8. The van der Waals surface area contributed by atoms with Crippen molar-refractivity contribution in [1.82, 2.24) is 0 Å². The predicted octanol–water partition coefficient (Wildman–Crippen LogP) is 9.13. The Bertz CT molecular complexity index is 1520. The van der Waals surface area contributed by atoms with Crippen LogP contribution < -0.4 is 4.90 Å². The number of fused-ring (bicyclic) bond motifs is 9. The highest BCUT2D eigenvalue weighted by molar-refractivity contribution is 5.95. The average Bonchev–Trinajstić information content (AvgIpc) is 3.20. The SMILES string of the molecule is CC(C)(C)c1ccc(N2c3ccccc3C3(c4ccccc4-c4ccccc43)c3ccccc32)cc1. The number of rotatable bonds is 1. The topological polar surface area (TPSA) is 3.24 Å². The fraction of sp³-hybridized carbons (Fsp3) is 0.143. The maximum atomic E-state index is 2.45. The fourth-order valence-electron chi connectivity index (χ4n) is 6.45. The lowest BCUT2D eigenvalue weighted by molar-refractivity contribution is 0.590. The maximum absolute atomic E-state index is 2.45. The summed E-state index contributed by atoms with van der Waals surface area (Å²) in [5.74, 6) is 0. The van der Waals surface area contributed by atoms with E-state index in [1.807, 2.05) is 0 Å². The molecule has 1 nitrogen and oxygen atoms in total. The van der Waals surface area contributed by atoms with Gasteiger partial charge in [0.1, 0.15) is 0 Å². The van der Waals surface area contributed by atoms with Gasteiger partial charge in [-0.2, -0.15) is 0 Å². The van der Waals surface area contributed by atoms with Gasteiger partial charge in [0.15, 0.2) is 0 Å². The Morgan fingerprint density at radius 2 is 0.889 bits per heavy atom. The molecule has 1 heterocycles. The molecule has 0 atom stereocenters. The molecular weight excluding hydrogens is 434 g/mol. The zero-order chi connectivity index (χ0) is 24.5. The normalized spacial score (nSPS) is 14.7. The summed E-state index contributed by atoms with van der Waals surface area (Å²) in [4.78, 5) is 2.45. The lowest BCUT2D eigenvalue weighted by Gasteiger charge is -2.45. The van der Waals surface area contributed by atoms with E-state index in [1.165, 1.54) is 56.0 Å². The number of benzene rings is 5. The highest BCUT2D eigenvalue weighted by atomic mass is 15.2. The third kappa shape index (κ3) is 2.72. The van der Waals surface area contributed by atoms with Gasteiger partial charge in [-0.15, -0.1) is 0 Å². The van der Waals surface area contributed by atoms with E-state index in [1.54, 1.807) is 0 Å². The van der Waals surface area contributed by atoms with Gasteiger partial charge in [0.2, 0.25) is 0 Å². The van der Waals surface area contributed by atoms with Crippen LogP contribution in [0.2, 0.25) is 0 Å². The van der Waals surface area contributed by atoms with Gasteiger partial charge in [0.25, 0.3) is 0 Å². The molecule has 0 saturated carbocycles. The van der Waals surface area contributed by atoms with E-state index in [0.29, 0.717) is 0 Å². The highest BCUT2D eigenvalue weighted by Gasteiger charge is 2.51. The summed E-state index contributed by atoms with van der Waals surface area (Å²) in [6.07, 6.45) is 0. The van der Waals surface area contributed by atoms with Crippen LogP contribution in [0.1, 0.15) is 48.6 Å². The number of hydrogen-bond acceptors (Lipinski definition) is 1. The Morgan fingerprint density at radius 1 is 0.472 bits per heavy atom. The average molecular weight is 464 g/mol. The third-order valence-electron chi connectivity index (χ3n) is 8.04. The summed E-state index contributed by atoms with van der Waals surface area (Å²) in [5.41, 5.74) is 12.9. The second-order valence-electron chi connectivity index (χ2n) is 11.0. The van der Waals surface area contributed by atoms with Crippen LogP contribution in [-0.2, 0) is 10.8 Å². The number of hydrogen-bond donors (Lipinski definition) is 0. The van der Waals surface area contributed by atoms with Gasteiger partial charge in [-0.3, -0.25) is 0 Å². The quantitative estimate of drug-likeness (QED) is 0.235. The Morgan fingerprint density at radius 3 is 1.36 bits per heavy atom. The Kier molecular flexibility index (Phi) is 4.39. The predicted molar refractivity (Wildman–Crippen MR) is 151 cm³/mol.